The van der Waals surface area contributed by atoms with Gasteiger partial charge in [-0.05, 0) is 24.3 Å². The summed E-state index contributed by atoms with van der Waals surface area (Å²) in [6.07, 6.45) is 9.54. The molecule has 0 saturated heterocycles. The van der Waals surface area contributed by atoms with E-state index < -0.39 is 11.9 Å². The van der Waals surface area contributed by atoms with Crippen LogP contribution in [0.5, 0.6) is 0 Å². The highest BCUT2D eigenvalue weighted by molar-refractivity contribution is 5.95. The Morgan fingerprint density at radius 2 is 1.25 bits per heavy atom. The predicted octanol–water partition coefficient (Wildman–Crippen LogP) is 1.31. The average molecular weight is 220 g/mol. The number of carbonyl (C=O) groups is 2. The van der Waals surface area contributed by atoms with Crippen LogP contribution in [0.3, 0.4) is 0 Å². The van der Waals surface area contributed by atoms with Crippen LogP contribution in [0.25, 0.3) is 0 Å². The summed E-state index contributed by atoms with van der Waals surface area (Å²) < 4.78 is 9.16. The fourth-order valence-electron chi connectivity index (χ4n) is 1.12. The molecule has 0 amide bonds. The van der Waals surface area contributed by atoms with Gasteiger partial charge in [0.1, 0.15) is 0 Å². The third-order valence-electron chi connectivity index (χ3n) is 1.95. The topological polar surface area (TPSA) is 52.6 Å². The number of hydrogen-bond acceptors (Lipinski definition) is 4. The van der Waals surface area contributed by atoms with Crippen LogP contribution in [-0.4, -0.2) is 26.2 Å². The van der Waals surface area contributed by atoms with Crippen LogP contribution in [0.4, 0.5) is 0 Å². The Balaban J connectivity index is 3.00. The first-order valence-corrected chi connectivity index (χ1v) is 4.62. The fourth-order valence-corrected chi connectivity index (χ4v) is 1.12. The van der Waals surface area contributed by atoms with E-state index in [1.54, 1.807) is 24.3 Å². The van der Waals surface area contributed by atoms with Crippen molar-refractivity contribution in [3.05, 3.63) is 47.6 Å². The molecule has 0 aromatic heterocycles. The summed E-state index contributed by atoms with van der Waals surface area (Å²) in [5.74, 6) is -0.904. The number of hydrogen-bond donors (Lipinski definition) is 0. The van der Waals surface area contributed by atoms with Gasteiger partial charge in [0.2, 0.25) is 0 Å². The highest BCUT2D eigenvalue weighted by atomic mass is 16.5. The molecule has 0 saturated carbocycles. The van der Waals surface area contributed by atoms with Gasteiger partial charge in [-0.2, -0.15) is 0 Å². The van der Waals surface area contributed by atoms with Gasteiger partial charge < -0.3 is 9.47 Å². The molecule has 0 atom stereocenters. The summed E-state index contributed by atoms with van der Waals surface area (Å²) in [6, 6.07) is 0. The minimum Gasteiger partial charge on any atom is -0.465 e. The Labute approximate surface area is 93.5 Å². The molecule has 0 bridgehead atoms. The van der Waals surface area contributed by atoms with Crippen LogP contribution in [0.15, 0.2) is 47.6 Å². The van der Waals surface area contributed by atoms with Crippen LogP contribution in [0.2, 0.25) is 0 Å². The van der Waals surface area contributed by atoms with Gasteiger partial charge in [-0.3, -0.25) is 0 Å². The van der Waals surface area contributed by atoms with Crippen molar-refractivity contribution >= 4 is 11.9 Å². The first-order valence-electron chi connectivity index (χ1n) is 4.62. The van der Waals surface area contributed by atoms with E-state index >= 15 is 0 Å². The van der Waals surface area contributed by atoms with Crippen molar-refractivity contribution in [3.63, 3.8) is 0 Å². The van der Waals surface area contributed by atoms with E-state index in [4.69, 9.17) is 0 Å². The van der Waals surface area contributed by atoms with Crippen molar-refractivity contribution < 1.29 is 19.1 Å². The molecule has 84 valence electrons. The monoisotopic (exact) mass is 220 g/mol. The largest absolute Gasteiger partial charge is 0.465 e. The van der Waals surface area contributed by atoms with E-state index in [2.05, 4.69) is 9.47 Å². The van der Waals surface area contributed by atoms with E-state index in [1.807, 2.05) is 0 Å². The smallest absolute Gasteiger partial charge is 0.337 e. The summed E-state index contributed by atoms with van der Waals surface area (Å²) >= 11 is 0. The maximum atomic E-state index is 11.3. The minimum absolute atomic E-state index is 0.369. The van der Waals surface area contributed by atoms with Crippen molar-refractivity contribution in [1.29, 1.82) is 0 Å². The summed E-state index contributed by atoms with van der Waals surface area (Å²) in [5, 5.41) is 0. The lowest BCUT2D eigenvalue weighted by atomic mass is 10.1. The first kappa shape index (κ1) is 12.0. The average Bonchev–Trinajstić information content (AvgIpc) is 2.27. The van der Waals surface area contributed by atoms with Crippen molar-refractivity contribution in [1.82, 2.24) is 0 Å². The molecule has 4 nitrogen and oxygen atoms in total. The highest BCUT2D eigenvalue weighted by Crippen LogP contribution is 2.08. The van der Waals surface area contributed by atoms with Gasteiger partial charge in [-0.1, -0.05) is 12.2 Å². The third-order valence-corrected chi connectivity index (χ3v) is 1.95. The molecule has 1 rings (SSSR count). The molecule has 4 heteroatoms. The maximum absolute atomic E-state index is 11.3. The lowest BCUT2D eigenvalue weighted by molar-refractivity contribution is -0.136. The standard InChI is InChI=1S/C12H12O4/c1-15-11(13)9-5-3-4-6-10(8-7-9)12(14)16-2/h3-8H,1-2H3. The fraction of sp³-hybridized carbons (Fsp3) is 0.167. The van der Waals surface area contributed by atoms with Crippen LogP contribution < -0.4 is 0 Å². The number of rotatable bonds is 2. The third kappa shape index (κ3) is 2.95. The Hall–Kier alpha value is -2.10. The molecular formula is C12H12O4. The summed E-state index contributed by atoms with van der Waals surface area (Å²) in [5.41, 5.74) is 0.738. The normalized spacial score (nSPS) is 14.4. The Morgan fingerprint density at radius 3 is 1.56 bits per heavy atom. The van der Waals surface area contributed by atoms with Crippen molar-refractivity contribution in [3.8, 4) is 0 Å². The van der Waals surface area contributed by atoms with Gasteiger partial charge in [-0.15, -0.1) is 0 Å². The molecule has 0 spiro atoms. The van der Waals surface area contributed by atoms with Crippen molar-refractivity contribution in [2.75, 3.05) is 14.2 Å². The summed E-state index contributed by atoms with van der Waals surface area (Å²) in [6.45, 7) is 0. The Morgan fingerprint density at radius 1 is 0.875 bits per heavy atom. The minimum atomic E-state index is -0.452. The molecule has 0 N–H and O–H groups in total. The molecule has 16 heavy (non-hydrogen) atoms. The first-order chi connectivity index (χ1) is 7.69. The van der Waals surface area contributed by atoms with E-state index in [1.165, 1.54) is 26.4 Å². The second kappa shape index (κ2) is 5.70. The molecule has 0 aromatic rings. The second-order valence-corrected chi connectivity index (χ2v) is 2.95. The Kier molecular flexibility index (Phi) is 4.27. The van der Waals surface area contributed by atoms with Gasteiger partial charge in [0.15, 0.2) is 0 Å². The number of methoxy groups -OCH3 is 2. The molecule has 0 aliphatic heterocycles. The lowest BCUT2D eigenvalue weighted by Gasteiger charge is -2.02. The molecule has 0 aromatic carbocycles. The van der Waals surface area contributed by atoms with Gasteiger partial charge >= 0.3 is 11.9 Å². The number of esters is 2. The van der Waals surface area contributed by atoms with E-state index in [9.17, 15) is 9.59 Å². The zero-order valence-electron chi connectivity index (χ0n) is 9.10. The molecule has 0 unspecified atom stereocenters. The molecule has 0 fully saturated rings. The zero-order chi connectivity index (χ0) is 12.0. The Bertz CT molecular complexity index is 371. The molecular weight excluding hydrogens is 208 g/mol. The van der Waals surface area contributed by atoms with Crippen molar-refractivity contribution in [2.24, 2.45) is 0 Å². The molecule has 1 aliphatic rings. The second-order valence-electron chi connectivity index (χ2n) is 2.95. The number of ether oxygens (including phenoxy) is 2. The highest BCUT2D eigenvalue weighted by Gasteiger charge is 2.08. The van der Waals surface area contributed by atoms with Crippen LogP contribution in [-0.2, 0) is 19.1 Å². The van der Waals surface area contributed by atoms with E-state index in [0.29, 0.717) is 11.1 Å². The van der Waals surface area contributed by atoms with Crippen LogP contribution in [0, 0.1) is 0 Å². The maximum Gasteiger partial charge on any atom is 0.337 e. The van der Waals surface area contributed by atoms with E-state index in [0.717, 1.165) is 0 Å². The SMILES string of the molecule is COC(=O)C1=CC=C(C(=O)OC)C=CC=C1. The van der Waals surface area contributed by atoms with Crippen LogP contribution >= 0.6 is 0 Å². The van der Waals surface area contributed by atoms with Gasteiger partial charge in [-0.25, -0.2) is 9.59 Å². The predicted molar refractivity (Wildman–Crippen MR) is 58.5 cm³/mol. The summed E-state index contributed by atoms with van der Waals surface area (Å²) in [4.78, 5) is 22.5. The zero-order valence-corrected chi connectivity index (χ0v) is 9.10. The van der Waals surface area contributed by atoms with Crippen LogP contribution in [0.1, 0.15) is 0 Å². The van der Waals surface area contributed by atoms with Gasteiger partial charge in [0.05, 0.1) is 25.4 Å². The summed E-state index contributed by atoms with van der Waals surface area (Å²) in [7, 11) is 2.60. The molecule has 0 heterocycles. The molecule has 1 aliphatic carbocycles. The number of allylic oxidation sites excluding steroid dienone is 4. The quantitative estimate of drug-likeness (QED) is 0.658. The van der Waals surface area contributed by atoms with E-state index in [-0.39, 0.29) is 0 Å². The lowest BCUT2D eigenvalue weighted by Crippen LogP contribution is -2.05. The number of carbonyl (C=O) groups excluding carboxylic acids is 2. The van der Waals surface area contributed by atoms with Gasteiger partial charge in [0, 0.05) is 0 Å². The molecule has 0 radical (unpaired) electrons. The van der Waals surface area contributed by atoms with Crippen molar-refractivity contribution in [2.45, 2.75) is 0 Å². The van der Waals surface area contributed by atoms with Gasteiger partial charge in [0.25, 0.3) is 0 Å².